The molecular formula is C28H27N3O5. The van der Waals surface area contributed by atoms with E-state index in [1.54, 1.807) is 12.1 Å². The first-order valence-corrected chi connectivity index (χ1v) is 12.3. The van der Waals surface area contributed by atoms with Crippen LogP contribution >= 0.6 is 0 Å². The van der Waals surface area contributed by atoms with Crippen LogP contribution in [0.5, 0.6) is 11.5 Å². The normalized spacial score (nSPS) is 20.3. The number of hydrogen-bond acceptors (Lipinski definition) is 6. The van der Waals surface area contributed by atoms with Crippen molar-refractivity contribution in [1.82, 2.24) is 9.80 Å². The molecule has 6 rings (SSSR count). The molecule has 0 aliphatic carbocycles. The molecule has 1 amide bonds. The zero-order chi connectivity index (χ0) is 24.7. The smallest absolute Gasteiger partial charge is 0.269 e. The van der Waals surface area contributed by atoms with E-state index >= 15 is 0 Å². The zero-order valence-corrected chi connectivity index (χ0v) is 19.8. The maximum Gasteiger partial charge on any atom is 0.269 e. The quantitative estimate of drug-likeness (QED) is 0.294. The van der Waals surface area contributed by atoms with E-state index in [2.05, 4.69) is 4.90 Å². The highest BCUT2D eigenvalue weighted by Crippen LogP contribution is 2.62. The van der Waals surface area contributed by atoms with Crippen LogP contribution in [0.15, 0.2) is 72.8 Å². The first-order chi connectivity index (χ1) is 17.6. The van der Waals surface area contributed by atoms with Gasteiger partial charge in [-0.05, 0) is 24.1 Å². The average Bonchev–Trinajstić information content (AvgIpc) is 2.92. The number of hydrogen-bond donors (Lipinski definition) is 0. The lowest BCUT2D eigenvalue weighted by Crippen LogP contribution is -2.67. The number of ether oxygens (including phenoxy) is 2. The molecule has 8 nitrogen and oxygen atoms in total. The Morgan fingerprint density at radius 2 is 1.58 bits per heavy atom. The Kier molecular flexibility index (Phi) is 5.70. The van der Waals surface area contributed by atoms with E-state index < -0.39 is 5.41 Å². The fraction of sp³-hybridized carbons (Fsp3) is 0.321. The molecule has 2 saturated heterocycles. The number of fused-ring (bicyclic) bond motifs is 4. The monoisotopic (exact) mass is 485 g/mol. The highest BCUT2D eigenvalue weighted by molar-refractivity contribution is 6.02. The van der Waals surface area contributed by atoms with Gasteiger partial charge in [0.2, 0.25) is 5.91 Å². The number of nitro benzene ring substituents is 1. The summed E-state index contributed by atoms with van der Waals surface area (Å²) >= 11 is 0. The van der Waals surface area contributed by atoms with Crippen LogP contribution in [0.4, 0.5) is 5.69 Å². The van der Waals surface area contributed by atoms with Gasteiger partial charge in [0.25, 0.3) is 5.69 Å². The van der Waals surface area contributed by atoms with Crippen molar-refractivity contribution >= 4 is 11.6 Å². The zero-order valence-electron chi connectivity index (χ0n) is 19.8. The van der Waals surface area contributed by atoms with Crippen molar-refractivity contribution in [3.63, 3.8) is 0 Å². The lowest BCUT2D eigenvalue weighted by Gasteiger charge is -2.58. The molecule has 0 radical (unpaired) electrons. The van der Waals surface area contributed by atoms with Crippen LogP contribution in [-0.4, -0.2) is 60.0 Å². The molecule has 0 saturated carbocycles. The topological polar surface area (TPSA) is 85.2 Å². The van der Waals surface area contributed by atoms with Gasteiger partial charge < -0.3 is 14.4 Å². The van der Waals surface area contributed by atoms with Gasteiger partial charge in [-0.15, -0.1) is 0 Å². The number of amides is 1. The third kappa shape index (κ3) is 3.48. The molecule has 3 aromatic rings. The molecule has 184 valence electrons. The standard InChI is InChI=1S/C28H27N3O5/c32-27-28(22-9-1-3-11-24(22)36-25-12-4-2-10-23(25)28)26(20-7-5-8-21(19-20)31(33)34)30(27)14-6-13-29-15-17-35-18-16-29/h1-5,7-12,19,26H,6,13-18H2/t26-/m0/s1. The van der Waals surface area contributed by atoms with Crippen molar-refractivity contribution in [2.24, 2.45) is 0 Å². The molecule has 36 heavy (non-hydrogen) atoms. The van der Waals surface area contributed by atoms with E-state index in [-0.39, 0.29) is 22.6 Å². The Hall–Kier alpha value is -3.75. The van der Waals surface area contributed by atoms with Crippen molar-refractivity contribution < 1.29 is 19.2 Å². The number of benzene rings is 3. The summed E-state index contributed by atoms with van der Waals surface area (Å²) in [5, 5.41) is 11.6. The van der Waals surface area contributed by atoms with Gasteiger partial charge >= 0.3 is 0 Å². The summed E-state index contributed by atoms with van der Waals surface area (Å²) in [7, 11) is 0. The van der Waals surface area contributed by atoms with Crippen LogP contribution in [-0.2, 0) is 14.9 Å². The second kappa shape index (κ2) is 9.04. The molecule has 1 spiro atoms. The predicted molar refractivity (Wildman–Crippen MR) is 133 cm³/mol. The van der Waals surface area contributed by atoms with Crippen LogP contribution in [0, 0.1) is 10.1 Å². The molecular weight excluding hydrogens is 458 g/mol. The molecule has 1 atom stereocenters. The summed E-state index contributed by atoms with van der Waals surface area (Å²) < 4.78 is 11.7. The van der Waals surface area contributed by atoms with E-state index in [1.165, 1.54) is 6.07 Å². The van der Waals surface area contributed by atoms with Crippen LogP contribution in [0.25, 0.3) is 0 Å². The number of nitrogens with zero attached hydrogens (tertiary/aromatic N) is 3. The summed E-state index contributed by atoms with van der Waals surface area (Å²) in [5.74, 6) is 1.30. The number of carbonyl (C=O) groups is 1. The molecule has 3 aromatic carbocycles. The minimum absolute atomic E-state index is 0.00387. The van der Waals surface area contributed by atoms with Crippen LogP contribution in [0.1, 0.15) is 29.2 Å². The average molecular weight is 486 g/mol. The summed E-state index contributed by atoms with van der Waals surface area (Å²) in [5.41, 5.74) is 1.37. The number of likely N-dealkylation sites (tertiary alicyclic amines) is 1. The Morgan fingerprint density at radius 1 is 0.917 bits per heavy atom. The highest BCUT2D eigenvalue weighted by Gasteiger charge is 2.65. The summed E-state index contributed by atoms with van der Waals surface area (Å²) in [6.45, 7) is 4.69. The Bertz CT molecular complexity index is 1270. The number of non-ortho nitro benzene ring substituents is 1. The number of nitro groups is 1. The lowest BCUT2D eigenvalue weighted by molar-refractivity contribution is -0.385. The van der Waals surface area contributed by atoms with Gasteiger partial charge in [-0.2, -0.15) is 0 Å². The number of para-hydroxylation sites is 2. The van der Waals surface area contributed by atoms with E-state index in [4.69, 9.17) is 9.47 Å². The van der Waals surface area contributed by atoms with Crippen LogP contribution < -0.4 is 4.74 Å². The minimum atomic E-state index is -1.00. The van der Waals surface area contributed by atoms with E-state index in [9.17, 15) is 14.9 Å². The molecule has 3 aliphatic rings. The van der Waals surface area contributed by atoms with Crippen molar-refractivity contribution in [3.8, 4) is 11.5 Å². The molecule has 2 fully saturated rings. The Labute approximate surface area is 209 Å². The first-order valence-electron chi connectivity index (χ1n) is 12.3. The van der Waals surface area contributed by atoms with Gasteiger partial charge in [0, 0.05) is 49.4 Å². The van der Waals surface area contributed by atoms with Crippen molar-refractivity contribution in [2.75, 3.05) is 39.4 Å². The molecule has 8 heteroatoms. The van der Waals surface area contributed by atoms with Crippen molar-refractivity contribution in [2.45, 2.75) is 17.9 Å². The van der Waals surface area contributed by atoms with Gasteiger partial charge in [0.15, 0.2) is 0 Å². The predicted octanol–water partition coefficient (Wildman–Crippen LogP) is 4.29. The van der Waals surface area contributed by atoms with Gasteiger partial charge in [-0.1, -0.05) is 48.5 Å². The molecule has 0 unspecified atom stereocenters. The van der Waals surface area contributed by atoms with E-state index in [1.807, 2.05) is 59.5 Å². The Morgan fingerprint density at radius 3 is 2.25 bits per heavy atom. The minimum Gasteiger partial charge on any atom is -0.457 e. The van der Waals surface area contributed by atoms with Crippen molar-refractivity contribution in [1.29, 1.82) is 0 Å². The summed E-state index contributed by atoms with van der Waals surface area (Å²) in [6.07, 6.45) is 0.813. The largest absolute Gasteiger partial charge is 0.457 e. The molecule has 0 aromatic heterocycles. The SMILES string of the molecule is O=C1N(CCCN2CCOCC2)[C@@H](c2cccc([N+](=O)[O-])c2)C12c1ccccc1Oc1ccccc12. The van der Waals surface area contributed by atoms with E-state index in [0.29, 0.717) is 18.0 Å². The third-order valence-corrected chi connectivity index (χ3v) is 7.54. The number of morpholine rings is 1. The van der Waals surface area contributed by atoms with Crippen molar-refractivity contribution in [3.05, 3.63) is 99.6 Å². The Balaban J connectivity index is 1.43. The molecule has 3 aliphatic heterocycles. The second-order valence-electron chi connectivity index (χ2n) is 9.46. The third-order valence-electron chi connectivity index (χ3n) is 7.54. The summed E-state index contributed by atoms with van der Waals surface area (Å²) in [4.78, 5) is 29.7. The lowest BCUT2D eigenvalue weighted by atomic mass is 9.58. The maximum atomic E-state index is 14.3. The van der Waals surface area contributed by atoms with Gasteiger partial charge in [0.1, 0.15) is 16.9 Å². The number of carbonyl (C=O) groups excluding carboxylic acids is 1. The van der Waals surface area contributed by atoms with Gasteiger partial charge in [-0.3, -0.25) is 19.8 Å². The van der Waals surface area contributed by atoms with Gasteiger partial charge in [0.05, 0.1) is 24.2 Å². The molecule has 0 N–H and O–H groups in total. The highest BCUT2D eigenvalue weighted by atomic mass is 16.6. The fourth-order valence-corrected chi connectivity index (χ4v) is 5.94. The van der Waals surface area contributed by atoms with E-state index in [0.717, 1.165) is 56.0 Å². The van der Waals surface area contributed by atoms with Crippen LogP contribution in [0.3, 0.4) is 0 Å². The number of rotatable bonds is 6. The first kappa shape index (κ1) is 22.7. The fourth-order valence-electron chi connectivity index (χ4n) is 5.94. The van der Waals surface area contributed by atoms with Crippen LogP contribution in [0.2, 0.25) is 0 Å². The number of β-lactam (4-membered cyclic amide) rings is 1. The van der Waals surface area contributed by atoms with Gasteiger partial charge in [-0.25, -0.2) is 0 Å². The molecule has 3 heterocycles. The summed E-state index contributed by atoms with van der Waals surface area (Å²) in [6, 6.07) is 21.6. The molecule has 0 bridgehead atoms. The second-order valence-corrected chi connectivity index (χ2v) is 9.46. The maximum absolute atomic E-state index is 14.3.